The van der Waals surface area contributed by atoms with Gasteiger partial charge in [-0.15, -0.1) is 0 Å². The summed E-state index contributed by atoms with van der Waals surface area (Å²) in [7, 11) is 1.79. The predicted octanol–water partition coefficient (Wildman–Crippen LogP) is 3.68. The summed E-state index contributed by atoms with van der Waals surface area (Å²) in [4.78, 5) is 11.9. The van der Waals surface area contributed by atoms with E-state index in [1.54, 1.807) is 7.11 Å². The van der Waals surface area contributed by atoms with Crippen molar-refractivity contribution in [3.63, 3.8) is 0 Å². The van der Waals surface area contributed by atoms with Gasteiger partial charge in [-0.05, 0) is 56.1 Å². The highest BCUT2D eigenvalue weighted by Crippen LogP contribution is 2.78. The molecular weight excluding hydrogens is 400 g/mol. The largest absolute Gasteiger partial charge is 0.384 e. The zero-order valence-corrected chi connectivity index (χ0v) is 18.5. The first-order chi connectivity index (χ1) is 15.5. The number of methoxy groups -OCH3 is 1. The van der Waals surface area contributed by atoms with Gasteiger partial charge in [0.15, 0.2) is 5.82 Å². The highest BCUT2D eigenvalue weighted by atomic mass is 16.5. The number of hydrogen-bond acceptors (Lipinski definition) is 6. The van der Waals surface area contributed by atoms with Crippen molar-refractivity contribution >= 4 is 16.7 Å². The zero-order chi connectivity index (χ0) is 21.7. The summed E-state index contributed by atoms with van der Waals surface area (Å²) in [6, 6.07) is 11.6. The fourth-order valence-corrected chi connectivity index (χ4v) is 6.62. The van der Waals surface area contributed by atoms with Gasteiger partial charge in [-0.3, -0.25) is 0 Å². The second kappa shape index (κ2) is 5.87. The van der Waals surface area contributed by atoms with Gasteiger partial charge in [0.25, 0.3) is 0 Å². The first-order valence-corrected chi connectivity index (χ1v) is 11.5. The highest BCUT2D eigenvalue weighted by Gasteiger charge is 2.75. The van der Waals surface area contributed by atoms with Crippen molar-refractivity contribution in [1.29, 1.82) is 5.26 Å². The molecule has 7 heteroatoms. The van der Waals surface area contributed by atoms with Crippen molar-refractivity contribution in [3.8, 4) is 11.9 Å². The molecule has 5 fully saturated rings. The highest BCUT2D eigenvalue weighted by molar-refractivity contribution is 5.82. The number of ether oxygens (including phenoxy) is 1. The summed E-state index contributed by atoms with van der Waals surface area (Å²) < 4.78 is 7.39. The Labute approximate surface area is 187 Å². The number of fused-ring (bicyclic) bond motifs is 2. The third kappa shape index (κ3) is 2.31. The number of benzene rings is 1. The van der Waals surface area contributed by atoms with Crippen LogP contribution in [0.3, 0.4) is 0 Å². The number of anilines is 1. The lowest BCUT2D eigenvalue weighted by atomic mass is 9.71. The summed E-state index contributed by atoms with van der Waals surface area (Å²) in [5.41, 5.74) is 2.34. The average molecular weight is 427 g/mol. The lowest BCUT2D eigenvalue weighted by Crippen LogP contribution is -2.37. The maximum absolute atomic E-state index is 9.97. The van der Waals surface area contributed by atoms with Crippen LogP contribution in [0.5, 0.6) is 0 Å². The Morgan fingerprint density at radius 1 is 1.19 bits per heavy atom. The lowest BCUT2D eigenvalue weighted by Gasteiger charge is -2.36. The van der Waals surface area contributed by atoms with E-state index in [4.69, 9.17) is 14.7 Å². The van der Waals surface area contributed by atoms with Crippen molar-refractivity contribution in [2.24, 2.45) is 10.8 Å². The van der Waals surface area contributed by atoms with Crippen LogP contribution in [0.25, 0.3) is 16.7 Å². The molecule has 3 aliphatic carbocycles. The fraction of sp³-hybridized carbons (Fsp3) is 0.520. The molecule has 1 aromatic carbocycles. The third-order valence-electron chi connectivity index (χ3n) is 8.55. The van der Waals surface area contributed by atoms with E-state index in [0.29, 0.717) is 6.04 Å². The van der Waals surface area contributed by atoms with E-state index >= 15 is 0 Å². The van der Waals surface area contributed by atoms with Crippen LogP contribution in [-0.4, -0.2) is 46.1 Å². The van der Waals surface area contributed by atoms with Crippen LogP contribution in [0, 0.1) is 29.1 Å². The number of hydrogen-bond donors (Lipinski definition) is 0. The maximum atomic E-state index is 9.97. The molecule has 5 aliphatic rings. The van der Waals surface area contributed by atoms with Gasteiger partial charge in [0.2, 0.25) is 0 Å². The molecule has 8 rings (SSSR count). The molecule has 0 radical (unpaired) electrons. The standard InChI is InChI=1S/C25H26N6O/c1-16-28-21(30-14-23(15-32-2)9-19(30)10-23)8-22(29-16)31-20-7-18(4-3-17(20)11-27-31)25(13-26)12-24(25)5-6-24/h3-4,7-8,11,19H,5-6,9-10,12,14-15H2,1-2H3. The van der Waals surface area contributed by atoms with Crippen LogP contribution in [0.1, 0.15) is 43.5 Å². The molecule has 3 saturated carbocycles. The number of nitriles is 1. The smallest absolute Gasteiger partial charge is 0.159 e. The van der Waals surface area contributed by atoms with Crippen LogP contribution >= 0.6 is 0 Å². The minimum absolute atomic E-state index is 0.244. The Morgan fingerprint density at radius 3 is 2.72 bits per heavy atom. The van der Waals surface area contributed by atoms with E-state index < -0.39 is 0 Å². The summed E-state index contributed by atoms with van der Waals surface area (Å²) in [6.07, 6.45) is 7.57. The van der Waals surface area contributed by atoms with Crippen molar-refractivity contribution in [2.75, 3.05) is 25.2 Å². The van der Waals surface area contributed by atoms with Crippen molar-refractivity contribution in [1.82, 2.24) is 19.7 Å². The Hall–Kier alpha value is -2.98. The Morgan fingerprint density at radius 2 is 2.00 bits per heavy atom. The van der Waals surface area contributed by atoms with Gasteiger partial charge in [0.05, 0.1) is 29.8 Å². The van der Waals surface area contributed by atoms with Gasteiger partial charge in [-0.25, -0.2) is 14.6 Å². The number of nitrogens with zero attached hydrogens (tertiary/aromatic N) is 6. The van der Waals surface area contributed by atoms with Gasteiger partial charge in [0.1, 0.15) is 11.6 Å². The van der Waals surface area contributed by atoms with E-state index in [-0.39, 0.29) is 16.2 Å². The Bertz CT molecular complexity index is 1310. The first kappa shape index (κ1) is 18.6. The van der Waals surface area contributed by atoms with Gasteiger partial charge in [0, 0.05) is 36.6 Å². The van der Waals surface area contributed by atoms with Gasteiger partial charge in [-0.2, -0.15) is 10.4 Å². The number of aryl methyl sites for hydroxylation is 1. The zero-order valence-electron chi connectivity index (χ0n) is 18.5. The molecule has 2 saturated heterocycles. The van der Waals surface area contributed by atoms with E-state index in [9.17, 15) is 5.26 Å². The van der Waals surface area contributed by atoms with E-state index in [0.717, 1.165) is 53.5 Å². The monoisotopic (exact) mass is 426 g/mol. The van der Waals surface area contributed by atoms with Crippen LogP contribution in [0.15, 0.2) is 30.5 Å². The van der Waals surface area contributed by atoms with E-state index in [2.05, 4.69) is 40.3 Å². The van der Waals surface area contributed by atoms with Crippen LogP contribution in [-0.2, 0) is 10.2 Å². The van der Waals surface area contributed by atoms with Crippen LogP contribution in [0.2, 0.25) is 0 Å². The minimum atomic E-state index is -0.310. The summed E-state index contributed by atoms with van der Waals surface area (Å²) in [6.45, 7) is 3.74. The van der Waals surface area contributed by atoms with E-state index in [1.807, 2.05) is 17.8 Å². The second-order valence-corrected chi connectivity index (χ2v) is 10.6. The first-order valence-electron chi connectivity index (χ1n) is 11.5. The second-order valence-electron chi connectivity index (χ2n) is 10.6. The molecular formula is C25H26N6O. The molecule has 7 nitrogen and oxygen atoms in total. The Kier molecular flexibility index (Phi) is 3.41. The average Bonchev–Trinajstić information content (AvgIpc) is 3.49. The SMILES string of the molecule is COCC12CC(C1)N(c1cc(-n3ncc4ccc(C5(C#N)CC56CC6)cc43)nc(C)n1)C2. The summed E-state index contributed by atoms with van der Waals surface area (Å²) in [5, 5.41) is 15.7. The Balaban J connectivity index is 1.28. The fourth-order valence-electron chi connectivity index (χ4n) is 6.62. The molecule has 32 heavy (non-hydrogen) atoms. The van der Waals surface area contributed by atoms with Crippen LogP contribution < -0.4 is 4.90 Å². The molecule has 2 aliphatic heterocycles. The molecule has 1 atom stereocenters. The maximum Gasteiger partial charge on any atom is 0.159 e. The molecule has 0 N–H and O–H groups in total. The lowest BCUT2D eigenvalue weighted by molar-refractivity contribution is 0.0521. The van der Waals surface area contributed by atoms with Gasteiger partial charge < -0.3 is 9.64 Å². The molecule has 162 valence electrons. The third-order valence-corrected chi connectivity index (χ3v) is 8.55. The summed E-state index contributed by atoms with van der Waals surface area (Å²) in [5.74, 6) is 2.50. The molecule has 1 spiro atoms. The molecule has 3 aromatic rings. The van der Waals surface area contributed by atoms with Crippen molar-refractivity contribution < 1.29 is 4.74 Å². The molecule has 2 bridgehead atoms. The molecule has 4 heterocycles. The quantitative estimate of drug-likeness (QED) is 0.619. The summed E-state index contributed by atoms with van der Waals surface area (Å²) >= 11 is 0. The number of aromatic nitrogens is 4. The van der Waals surface area contributed by atoms with Crippen LogP contribution in [0.4, 0.5) is 5.82 Å². The molecule has 1 unspecified atom stereocenters. The van der Waals surface area contributed by atoms with Crippen molar-refractivity contribution in [2.45, 2.75) is 50.5 Å². The predicted molar refractivity (Wildman–Crippen MR) is 120 cm³/mol. The minimum Gasteiger partial charge on any atom is -0.384 e. The molecule has 2 aromatic heterocycles. The topological polar surface area (TPSA) is 79.9 Å². The molecule has 0 amide bonds. The number of rotatable bonds is 5. The van der Waals surface area contributed by atoms with Crippen molar-refractivity contribution in [3.05, 3.63) is 41.9 Å². The van der Waals surface area contributed by atoms with Gasteiger partial charge in [-0.1, -0.05) is 12.1 Å². The normalized spacial score (nSPS) is 31.0. The van der Waals surface area contributed by atoms with Gasteiger partial charge >= 0.3 is 0 Å². The van der Waals surface area contributed by atoms with E-state index in [1.165, 1.54) is 25.7 Å².